The van der Waals surface area contributed by atoms with Crippen molar-refractivity contribution in [3.8, 4) is 5.75 Å². The number of ether oxygens (including phenoxy) is 1. The van der Waals surface area contributed by atoms with Crippen LogP contribution < -0.4 is 4.74 Å². The molecule has 0 bridgehead atoms. The molecule has 1 atom stereocenters. The van der Waals surface area contributed by atoms with Crippen LogP contribution in [0.25, 0.3) is 0 Å². The molecule has 0 aromatic heterocycles. The molecule has 0 saturated heterocycles. The van der Waals surface area contributed by atoms with Crippen molar-refractivity contribution in [2.75, 3.05) is 0 Å². The van der Waals surface area contributed by atoms with Crippen LogP contribution in [0.3, 0.4) is 0 Å². The number of aryl methyl sites for hydroxylation is 2. The summed E-state index contributed by atoms with van der Waals surface area (Å²) in [5.74, 6) is -5.71. The maximum absolute atomic E-state index is 15.7. The molecule has 1 saturated carbocycles. The van der Waals surface area contributed by atoms with Crippen molar-refractivity contribution < 1.29 is 35.5 Å². The van der Waals surface area contributed by atoms with Gasteiger partial charge in [0.15, 0.2) is 11.6 Å². The second kappa shape index (κ2) is 12.1. The molecule has 1 fully saturated rings. The van der Waals surface area contributed by atoms with Gasteiger partial charge in [0.25, 0.3) is 0 Å². The minimum atomic E-state index is -5.22. The van der Waals surface area contributed by atoms with Crippen molar-refractivity contribution in [3.63, 3.8) is 0 Å². The molecular formula is C33H33F7O. The third-order valence-corrected chi connectivity index (χ3v) is 8.88. The summed E-state index contributed by atoms with van der Waals surface area (Å²) >= 11 is 0. The van der Waals surface area contributed by atoms with E-state index in [1.165, 1.54) is 17.2 Å². The molecule has 1 unspecified atom stereocenters. The molecule has 2 aliphatic rings. The fourth-order valence-electron chi connectivity index (χ4n) is 6.62. The van der Waals surface area contributed by atoms with Gasteiger partial charge >= 0.3 is 6.36 Å². The van der Waals surface area contributed by atoms with E-state index in [-0.39, 0.29) is 23.0 Å². The number of halogens is 7. The lowest BCUT2D eigenvalue weighted by Gasteiger charge is -2.32. The molecule has 0 heterocycles. The highest BCUT2D eigenvalue weighted by molar-refractivity contribution is 5.40. The lowest BCUT2D eigenvalue weighted by atomic mass is 9.74. The number of fused-ring (bicyclic) bond motifs is 1. The molecule has 3 aromatic carbocycles. The summed E-state index contributed by atoms with van der Waals surface area (Å²) in [6.07, 6.45) is 1.35. The third-order valence-electron chi connectivity index (χ3n) is 8.88. The Hall–Kier alpha value is -3.03. The van der Waals surface area contributed by atoms with Gasteiger partial charge in [-0.1, -0.05) is 31.2 Å². The molecule has 3 aromatic rings. The number of hydrogen-bond donors (Lipinski definition) is 0. The van der Waals surface area contributed by atoms with Gasteiger partial charge < -0.3 is 4.74 Å². The van der Waals surface area contributed by atoms with Gasteiger partial charge in [-0.05, 0) is 128 Å². The first-order valence-electron chi connectivity index (χ1n) is 14.3. The molecule has 8 heteroatoms. The van der Waals surface area contributed by atoms with Gasteiger partial charge in [-0.15, -0.1) is 13.2 Å². The number of alkyl halides is 3. The molecule has 0 aliphatic heterocycles. The topological polar surface area (TPSA) is 9.23 Å². The van der Waals surface area contributed by atoms with Crippen molar-refractivity contribution in [1.29, 1.82) is 0 Å². The van der Waals surface area contributed by atoms with Crippen molar-refractivity contribution in [2.45, 2.75) is 89.3 Å². The molecule has 2 aliphatic carbocycles. The second-order valence-corrected chi connectivity index (χ2v) is 11.5. The Morgan fingerprint density at radius 1 is 0.780 bits per heavy atom. The van der Waals surface area contributed by atoms with E-state index >= 15 is 8.78 Å². The first-order valence-corrected chi connectivity index (χ1v) is 14.3. The summed E-state index contributed by atoms with van der Waals surface area (Å²) in [5, 5.41) is 0. The standard InChI is InChI=1S/C33H33F7O/c1-2-19-3-5-20(6-4-19)7-8-21-9-14-26-25(15-21)18-27(34)30(31(26)37)23-12-10-22(11-13-23)24-16-28(35)32(29(36)17-24)41-33(38,39)40/h3-6,16-18,21-23H,2,7-15H2,1H3. The molecule has 41 heavy (non-hydrogen) atoms. The van der Waals surface area contributed by atoms with E-state index in [9.17, 15) is 22.0 Å². The van der Waals surface area contributed by atoms with Crippen LogP contribution >= 0.6 is 0 Å². The maximum atomic E-state index is 15.7. The molecule has 0 amide bonds. The largest absolute Gasteiger partial charge is 0.573 e. The van der Waals surface area contributed by atoms with E-state index in [1.807, 2.05) is 0 Å². The average Bonchev–Trinajstić information content (AvgIpc) is 2.93. The normalized spacial score (nSPS) is 21.0. The maximum Gasteiger partial charge on any atom is 0.573 e. The Kier molecular flexibility index (Phi) is 8.67. The Labute approximate surface area is 235 Å². The van der Waals surface area contributed by atoms with Gasteiger partial charge in [-0.3, -0.25) is 0 Å². The van der Waals surface area contributed by atoms with Crippen molar-refractivity contribution in [1.82, 2.24) is 0 Å². The molecule has 0 N–H and O–H groups in total. The minimum absolute atomic E-state index is 0.0861. The highest BCUT2D eigenvalue weighted by atomic mass is 19.4. The van der Waals surface area contributed by atoms with Crippen LogP contribution in [-0.4, -0.2) is 6.36 Å². The summed E-state index contributed by atoms with van der Waals surface area (Å²) in [6.45, 7) is 2.12. The van der Waals surface area contributed by atoms with E-state index in [2.05, 4.69) is 35.9 Å². The molecule has 0 radical (unpaired) electrons. The SMILES string of the molecule is CCc1ccc(CCC2CCc3c(cc(F)c(C4CCC(c5cc(F)c(OC(F)(F)F)c(F)c5)CC4)c3F)C2)cc1. The molecular weight excluding hydrogens is 545 g/mol. The summed E-state index contributed by atoms with van der Waals surface area (Å²) in [6, 6.07) is 11.8. The summed E-state index contributed by atoms with van der Waals surface area (Å²) < 4.78 is 100. The Morgan fingerprint density at radius 3 is 2.00 bits per heavy atom. The Bertz CT molecular complexity index is 1350. The van der Waals surface area contributed by atoms with E-state index in [0.717, 1.165) is 43.4 Å². The zero-order valence-electron chi connectivity index (χ0n) is 22.9. The van der Waals surface area contributed by atoms with E-state index < -0.39 is 35.4 Å². The molecule has 220 valence electrons. The van der Waals surface area contributed by atoms with Crippen LogP contribution in [0.2, 0.25) is 0 Å². The molecule has 0 spiro atoms. The van der Waals surface area contributed by atoms with E-state index in [0.29, 0.717) is 50.0 Å². The monoisotopic (exact) mass is 578 g/mol. The van der Waals surface area contributed by atoms with E-state index in [4.69, 9.17) is 0 Å². The molecule has 5 rings (SSSR count). The van der Waals surface area contributed by atoms with Gasteiger partial charge in [0.05, 0.1) is 0 Å². The zero-order chi connectivity index (χ0) is 29.3. The van der Waals surface area contributed by atoms with Crippen LogP contribution in [0.1, 0.15) is 90.7 Å². The van der Waals surface area contributed by atoms with E-state index in [1.54, 1.807) is 0 Å². The second-order valence-electron chi connectivity index (χ2n) is 11.5. The predicted molar refractivity (Wildman–Crippen MR) is 143 cm³/mol. The fraction of sp³-hybridized carbons (Fsp3) is 0.455. The fourth-order valence-corrected chi connectivity index (χ4v) is 6.62. The van der Waals surface area contributed by atoms with Crippen LogP contribution in [0.5, 0.6) is 5.75 Å². The summed E-state index contributed by atoms with van der Waals surface area (Å²) in [7, 11) is 0. The minimum Gasteiger partial charge on any atom is -0.399 e. The highest BCUT2D eigenvalue weighted by Gasteiger charge is 2.35. The lowest BCUT2D eigenvalue weighted by Crippen LogP contribution is -2.21. The first-order chi connectivity index (χ1) is 19.5. The average molecular weight is 579 g/mol. The van der Waals surface area contributed by atoms with Gasteiger partial charge in [-0.25, -0.2) is 17.6 Å². The number of rotatable bonds is 7. The van der Waals surface area contributed by atoms with Crippen LogP contribution in [-0.2, 0) is 25.7 Å². The summed E-state index contributed by atoms with van der Waals surface area (Å²) in [5.41, 5.74) is 4.20. The predicted octanol–water partition coefficient (Wildman–Crippen LogP) is 9.88. The van der Waals surface area contributed by atoms with Gasteiger partial charge in [-0.2, -0.15) is 0 Å². The van der Waals surface area contributed by atoms with Crippen molar-refractivity contribution in [3.05, 3.63) is 99.1 Å². The van der Waals surface area contributed by atoms with Gasteiger partial charge in [0, 0.05) is 5.56 Å². The Balaban J connectivity index is 1.23. The van der Waals surface area contributed by atoms with Crippen LogP contribution in [0, 0.1) is 29.2 Å². The zero-order valence-corrected chi connectivity index (χ0v) is 22.9. The molecule has 1 nitrogen and oxygen atoms in total. The van der Waals surface area contributed by atoms with Gasteiger partial charge in [0.2, 0.25) is 5.75 Å². The summed E-state index contributed by atoms with van der Waals surface area (Å²) in [4.78, 5) is 0. The van der Waals surface area contributed by atoms with Gasteiger partial charge in [0.1, 0.15) is 11.6 Å². The number of benzene rings is 3. The smallest absolute Gasteiger partial charge is 0.399 e. The number of hydrogen-bond acceptors (Lipinski definition) is 1. The van der Waals surface area contributed by atoms with Crippen molar-refractivity contribution in [2.24, 2.45) is 5.92 Å². The highest BCUT2D eigenvalue weighted by Crippen LogP contribution is 2.45. The third kappa shape index (κ3) is 6.73. The first kappa shape index (κ1) is 29.5. The van der Waals surface area contributed by atoms with Crippen LogP contribution in [0.4, 0.5) is 30.7 Å². The van der Waals surface area contributed by atoms with Crippen molar-refractivity contribution >= 4 is 0 Å². The quantitative estimate of drug-likeness (QED) is 0.254. The Morgan fingerprint density at radius 2 is 1.39 bits per heavy atom. The van der Waals surface area contributed by atoms with Crippen LogP contribution in [0.15, 0.2) is 42.5 Å². The lowest BCUT2D eigenvalue weighted by molar-refractivity contribution is -0.276.